The molecular formula is C23H21N3O3S2. The van der Waals surface area contributed by atoms with Crippen LogP contribution < -0.4 is 19.7 Å². The highest BCUT2D eigenvalue weighted by Gasteiger charge is 2.21. The maximum absolute atomic E-state index is 12.6. The second-order valence-corrected chi connectivity index (χ2v) is 9.31. The third-order valence-electron chi connectivity index (χ3n) is 5.35. The number of benzene rings is 2. The summed E-state index contributed by atoms with van der Waals surface area (Å²) in [6.45, 7) is 1.76. The summed E-state index contributed by atoms with van der Waals surface area (Å²) in [6, 6.07) is 15.5. The molecule has 0 aliphatic carbocycles. The number of carbonyl (C=O) groups is 1. The van der Waals surface area contributed by atoms with Crippen LogP contribution >= 0.6 is 22.7 Å². The van der Waals surface area contributed by atoms with Gasteiger partial charge in [-0.15, -0.1) is 11.3 Å². The van der Waals surface area contributed by atoms with Gasteiger partial charge < -0.3 is 19.7 Å². The summed E-state index contributed by atoms with van der Waals surface area (Å²) in [4.78, 5) is 21.3. The number of thiophene rings is 1. The number of nitrogens with zero attached hydrogens (tertiary/aromatic N) is 2. The average molecular weight is 452 g/mol. The number of thiazole rings is 1. The summed E-state index contributed by atoms with van der Waals surface area (Å²) in [6.07, 6.45) is 0.968. The first kappa shape index (κ1) is 19.8. The first-order valence-electron chi connectivity index (χ1n) is 9.89. The lowest BCUT2D eigenvalue weighted by Gasteiger charge is -2.28. The summed E-state index contributed by atoms with van der Waals surface area (Å²) in [5.74, 6) is 1.54. The van der Waals surface area contributed by atoms with E-state index >= 15 is 0 Å². The van der Waals surface area contributed by atoms with Crippen LogP contribution in [0.25, 0.3) is 9.53 Å². The van der Waals surface area contributed by atoms with Crippen molar-refractivity contribution in [1.29, 1.82) is 0 Å². The van der Waals surface area contributed by atoms with E-state index in [4.69, 9.17) is 14.5 Å². The molecule has 1 N–H and O–H groups in total. The Morgan fingerprint density at radius 2 is 1.77 bits per heavy atom. The second-order valence-electron chi connectivity index (χ2n) is 7.27. The van der Waals surface area contributed by atoms with Crippen molar-refractivity contribution in [3.8, 4) is 11.5 Å². The van der Waals surface area contributed by atoms with Crippen molar-refractivity contribution in [3.05, 3.63) is 64.5 Å². The quantitative estimate of drug-likeness (QED) is 0.452. The molecule has 0 radical (unpaired) electrons. The standard InChI is InChI=1S/C23H21N3O3S2/c1-28-17-7-4-16(5-8-17)24-21(27)19-12-20-22(30-19)25-23(31-20)26-10-9-14-11-18(29-2)6-3-15(14)13-26/h3-8,11-12H,9-10,13H2,1-2H3,(H,24,27). The number of amides is 1. The van der Waals surface area contributed by atoms with Crippen molar-refractivity contribution < 1.29 is 14.3 Å². The molecule has 0 saturated carbocycles. The minimum Gasteiger partial charge on any atom is -0.497 e. The second kappa shape index (κ2) is 8.20. The van der Waals surface area contributed by atoms with Gasteiger partial charge >= 0.3 is 0 Å². The number of hydrogen-bond donors (Lipinski definition) is 1. The first-order chi connectivity index (χ1) is 15.1. The molecule has 0 bridgehead atoms. The molecule has 1 amide bonds. The van der Waals surface area contributed by atoms with Crippen LogP contribution in [-0.2, 0) is 13.0 Å². The highest BCUT2D eigenvalue weighted by molar-refractivity contribution is 7.29. The summed E-state index contributed by atoms with van der Waals surface area (Å²) in [7, 11) is 3.32. The molecule has 0 spiro atoms. The van der Waals surface area contributed by atoms with Gasteiger partial charge in [0.1, 0.15) is 16.3 Å². The van der Waals surface area contributed by atoms with Crippen LogP contribution in [-0.4, -0.2) is 31.7 Å². The molecule has 0 atom stereocenters. The fourth-order valence-corrected chi connectivity index (χ4v) is 5.79. The Balaban J connectivity index is 1.30. The lowest BCUT2D eigenvalue weighted by Crippen LogP contribution is -2.30. The monoisotopic (exact) mass is 451 g/mol. The van der Waals surface area contributed by atoms with Crippen LogP contribution in [0.2, 0.25) is 0 Å². The number of aromatic nitrogens is 1. The molecule has 31 heavy (non-hydrogen) atoms. The lowest BCUT2D eigenvalue weighted by molar-refractivity contribution is 0.103. The van der Waals surface area contributed by atoms with E-state index in [1.807, 2.05) is 36.4 Å². The van der Waals surface area contributed by atoms with E-state index in [-0.39, 0.29) is 5.91 Å². The van der Waals surface area contributed by atoms with E-state index in [1.54, 1.807) is 25.6 Å². The van der Waals surface area contributed by atoms with Gasteiger partial charge in [-0.1, -0.05) is 17.4 Å². The Kier molecular flexibility index (Phi) is 5.25. The SMILES string of the molecule is COc1ccc(NC(=O)c2cc3sc(N4CCc5cc(OC)ccc5C4)nc3s2)cc1. The van der Waals surface area contributed by atoms with E-state index in [0.717, 1.165) is 51.4 Å². The Labute approximate surface area is 188 Å². The van der Waals surface area contributed by atoms with Crippen molar-refractivity contribution >= 4 is 48.9 Å². The molecule has 158 valence electrons. The van der Waals surface area contributed by atoms with Gasteiger partial charge in [0.2, 0.25) is 0 Å². The molecule has 8 heteroatoms. The van der Waals surface area contributed by atoms with Crippen molar-refractivity contribution in [1.82, 2.24) is 4.98 Å². The lowest BCUT2D eigenvalue weighted by atomic mass is 10.00. The molecule has 5 rings (SSSR count). The zero-order valence-electron chi connectivity index (χ0n) is 17.2. The number of carbonyl (C=O) groups excluding carboxylic acids is 1. The maximum atomic E-state index is 12.6. The van der Waals surface area contributed by atoms with Gasteiger partial charge in [-0.3, -0.25) is 4.79 Å². The van der Waals surface area contributed by atoms with Crippen LogP contribution in [0.3, 0.4) is 0 Å². The van der Waals surface area contributed by atoms with Gasteiger partial charge in [0.25, 0.3) is 5.91 Å². The normalized spacial score (nSPS) is 13.2. The average Bonchev–Trinajstić information content (AvgIpc) is 3.38. The van der Waals surface area contributed by atoms with Crippen LogP contribution in [0, 0.1) is 0 Å². The van der Waals surface area contributed by atoms with Crippen molar-refractivity contribution in [2.45, 2.75) is 13.0 Å². The molecule has 0 saturated heterocycles. The molecule has 3 heterocycles. The molecule has 6 nitrogen and oxygen atoms in total. The summed E-state index contributed by atoms with van der Waals surface area (Å²) in [5, 5.41) is 3.94. The summed E-state index contributed by atoms with van der Waals surface area (Å²) >= 11 is 3.07. The molecule has 0 fully saturated rings. The largest absolute Gasteiger partial charge is 0.497 e. The number of ether oxygens (including phenoxy) is 2. The molecule has 4 aromatic rings. The topological polar surface area (TPSA) is 63.7 Å². The molecule has 2 aromatic heterocycles. The fraction of sp³-hybridized carbons (Fsp3) is 0.217. The van der Waals surface area contributed by atoms with Gasteiger partial charge in [0.15, 0.2) is 5.13 Å². The maximum Gasteiger partial charge on any atom is 0.265 e. The van der Waals surface area contributed by atoms with Crippen LogP contribution in [0.4, 0.5) is 10.8 Å². The van der Waals surface area contributed by atoms with Crippen molar-refractivity contribution in [2.24, 2.45) is 0 Å². The Hall–Kier alpha value is -3.10. The zero-order valence-corrected chi connectivity index (χ0v) is 18.8. The number of hydrogen-bond acceptors (Lipinski definition) is 7. The predicted octanol–water partition coefficient (Wildman–Crippen LogP) is 5.19. The number of nitrogens with one attached hydrogen (secondary N) is 1. The van der Waals surface area contributed by atoms with Crippen LogP contribution in [0.15, 0.2) is 48.5 Å². The molecule has 1 aliphatic rings. The smallest absolute Gasteiger partial charge is 0.265 e. The number of fused-ring (bicyclic) bond motifs is 2. The molecule has 1 aliphatic heterocycles. The van der Waals surface area contributed by atoms with E-state index in [1.165, 1.54) is 22.5 Å². The number of rotatable bonds is 5. The van der Waals surface area contributed by atoms with E-state index in [2.05, 4.69) is 22.3 Å². The minimum absolute atomic E-state index is 0.122. The summed E-state index contributed by atoms with van der Waals surface area (Å²) in [5.41, 5.74) is 3.39. The van der Waals surface area contributed by atoms with E-state index in [0.29, 0.717) is 4.88 Å². The Morgan fingerprint density at radius 3 is 2.52 bits per heavy atom. The van der Waals surface area contributed by atoms with Gasteiger partial charge in [-0.2, -0.15) is 0 Å². The molecule has 0 unspecified atom stereocenters. The van der Waals surface area contributed by atoms with E-state index < -0.39 is 0 Å². The van der Waals surface area contributed by atoms with Gasteiger partial charge in [0, 0.05) is 18.8 Å². The predicted molar refractivity (Wildman–Crippen MR) is 126 cm³/mol. The third-order valence-corrected chi connectivity index (χ3v) is 7.57. The Bertz CT molecular complexity index is 1220. The minimum atomic E-state index is -0.122. The fourth-order valence-electron chi connectivity index (χ4n) is 3.66. The molecule has 2 aromatic carbocycles. The first-order valence-corrected chi connectivity index (χ1v) is 11.5. The van der Waals surface area contributed by atoms with Gasteiger partial charge in [0.05, 0.1) is 23.8 Å². The third kappa shape index (κ3) is 3.96. The van der Waals surface area contributed by atoms with E-state index in [9.17, 15) is 4.79 Å². The van der Waals surface area contributed by atoms with Gasteiger partial charge in [-0.25, -0.2) is 4.98 Å². The summed E-state index contributed by atoms with van der Waals surface area (Å²) < 4.78 is 11.5. The Morgan fingerprint density at radius 1 is 1.00 bits per heavy atom. The van der Waals surface area contributed by atoms with Crippen LogP contribution in [0.1, 0.15) is 20.8 Å². The number of anilines is 2. The zero-order chi connectivity index (χ0) is 21.4. The highest BCUT2D eigenvalue weighted by atomic mass is 32.1. The van der Waals surface area contributed by atoms with Gasteiger partial charge in [-0.05, 0) is 60.0 Å². The van der Waals surface area contributed by atoms with Crippen LogP contribution in [0.5, 0.6) is 11.5 Å². The van der Waals surface area contributed by atoms with Crippen molar-refractivity contribution in [2.75, 3.05) is 31.0 Å². The number of methoxy groups -OCH3 is 2. The van der Waals surface area contributed by atoms with Crippen molar-refractivity contribution in [3.63, 3.8) is 0 Å². The highest BCUT2D eigenvalue weighted by Crippen LogP contribution is 2.37. The molecular weight excluding hydrogens is 430 g/mol.